The Labute approximate surface area is 76.2 Å². The smallest absolute Gasteiger partial charge is 0.00500 e. The van der Waals surface area contributed by atoms with Crippen molar-refractivity contribution >= 4 is 12.6 Å². The van der Waals surface area contributed by atoms with Crippen molar-refractivity contribution in [1.82, 2.24) is 0 Å². The lowest BCUT2D eigenvalue weighted by molar-refractivity contribution is 0.245. The highest BCUT2D eigenvalue weighted by Crippen LogP contribution is 2.36. The van der Waals surface area contributed by atoms with Crippen LogP contribution in [0.5, 0.6) is 0 Å². The summed E-state index contributed by atoms with van der Waals surface area (Å²) in [6, 6.07) is 0. The summed E-state index contributed by atoms with van der Waals surface area (Å²) in [6.45, 7) is 6.99. The van der Waals surface area contributed by atoms with Gasteiger partial charge in [-0.1, -0.05) is 27.2 Å². The van der Waals surface area contributed by atoms with E-state index in [1.165, 1.54) is 19.3 Å². The summed E-state index contributed by atoms with van der Waals surface area (Å²) in [5.74, 6) is 2.60. The molecular weight excluding hydrogens is 152 g/mol. The van der Waals surface area contributed by atoms with E-state index in [0.29, 0.717) is 5.25 Å². The van der Waals surface area contributed by atoms with Gasteiger partial charge in [-0.3, -0.25) is 0 Å². The van der Waals surface area contributed by atoms with E-state index < -0.39 is 0 Å². The topological polar surface area (TPSA) is 0 Å². The van der Waals surface area contributed by atoms with Gasteiger partial charge in [0.2, 0.25) is 0 Å². The lowest BCUT2D eigenvalue weighted by Gasteiger charge is -2.34. The van der Waals surface area contributed by atoms with E-state index in [0.717, 1.165) is 17.8 Å². The summed E-state index contributed by atoms with van der Waals surface area (Å²) in [4.78, 5) is 0. The number of hydrogen-bond acceptors (Lipinski definition) is 1. The third kappa shape index (κ3) is 2.40. The summed E-state index contributed by atoms with van der Waals surface area (Å²) in [7, 11) is 0. The van der Waals surface area contributed by atoms with Gasteiger partial charge in [-0.25, -0.2) is 0 Å². The Morgan fingerprint density at radius 3 is 2.36 bits per heavy atom. The quantitative estimate of drug-likeness (QED) is 0.576. The minimum Gasteiger partial charge on any atom is -0.176 e. The molecule has 3 atom stereocenters. The molecule has 11 heavy (non-hydrogen) atoms. The molecule has 0 aromatic heterocycles. The lowest BCUT2D eigenvalue weighted by atomic mass is 9.77. The van der Waals surface area contributed by atoms with Crippen molar-refractivity contribution in [2.24, 2.45) is 17.8 Å². The summed E-state index contributed by atoms with van der Waals surface area (Å²) >= 11 is 4.65. The molecule has 1 unspecified atom stereocenters. The highest BCUT2D eigenvalue weighted by molar-refractivity contribution is 7.81. The standard InChI is InChI=1S/C10H20S/c1-7(2)9-5-4-8(3)6-10(9)11/h7-11H,4-6H2,1-3H3/t8-,9+,10?/m1/s1. The van der Waals surface area contributed by atoms with Crippen LogP contribution >= 0.6 is 12.6 Å². The Kier molecular flexibility index (Phi) is 3.29. The largest absolute Gasteiger partial charge is 0.176 e. The summed E-state index contributed by atoms with van der Waals surface area (Å²) in [5, 5.41) is 0.666. The fourth-order valence-corrected chi connectivity index (χ4v) is 3.01. The molecule has 0 N–H and O–H groups in total. The zero-order chi connectivity index (χ0) is 8.43. The molecule has 0 radical (unpaired) electrons. The average molecular weight is 172 g/mol. The molecule has 1 saturated carbocycles. The molecule has 1 fully saturated rings. The SMILES string of the molecule is CC(C)[C@@H]1CC[C@@H](C)CC1S. The molecule has 0 bridgehead atoms. The van der Waals surface area contributed by atoms with Gasteiger partial charge in [0.25, 0.3) is 0 Å². The van der Waals surface area contributed by atoms with Gasteiger partial charge in [0, 0.05) is 5.25 Å². The molecular formula is C10H20S. The zero-order valence-electron chi connectivity index (χ0n) is 7.88. The van der Waals surface area contributed by atoms with Gasteiger partial charge in [-0.05, 0) is 30.6 Å². The number of thiol groups is 1. The second kappa shape index (κ2) is 3.84. The first-order chi connectivity index (χ1) is 5.11. The maximum absolute atomic E-state index is 4.65. The maximum atomic E-state index is 4.65. The van der Waals surface area contributed by atoms with Crippen molar-refractivity contribution in [3.63, 3.8) is 0 Å². The van der Waals surface area contributed by atoms with Crippen LogP contribution < -0.4 is 0 Å². The predicted octanol–water partition coefficient (Wildman–Crippen LogP) is 3.38. The van der Waals surface area contributed by atoms with Crippen LogP contribution in [0.1, 0.15) is 40.0 Å². The van der Waals surface area contributed by atoms with E-state index in [1.54, 1.807) is 0 Å². The molecule has 1 heteroatoms. The molecule has 1 aliphatic carbocycles. The molecule has 0 saturated heterocycles. The second-order valence-corrected chi connectivity index (χ2v) is 5.06. The molecule has 0 aliphatic heterocycles. The maximum Gasteiger partial charge on any atom is 0.00500 e. The minimum atomic E-state index is 0.666. The van der Waals surface area contributed by atoms with Crippen LogP contribution in [0.3, 0.4) is 0 Å². The van der Waals surface area contributed by atoms with Gasteiger partial charge >= 0.3 is 0 Å². The Bertz CT molecular complexity index is 120. The molecule has 0 heterocycles. The Balaban J connectivity index is 2.44. The van der Waals surface area contributed by atoms with Crippen LogP contribution in [0.25, 0.3) is 0 Å². The molecule has 0 amide bonds. The van der Waals surface area contributed by atoms with Crippen LogP contribution in [0.2, 0.25) is 0 Å². The average Bonchev–Trinajstić information content (AvgIpc) is 1.85. The van der Waals surface area contributed by atoms with Crippen LogP contribution in [-0.2, 0) is 0 Å². The molecule has 0 aromatic carbocycles. The van der Waals surface area contributed by atoms with E-state index in [2.05, 4.69) is 33.4 Å². The van der Waals surface area contributed by atoms with E-state index in [1.807, 2.05) is 0 Å². The minimum absolute atomic E-state index is 0.666. The van der Waals surface area contributed by atoms with Gasteiger partial charge in [0.05, 0.1) is 0 Å². The van der Waals surface area contributed by atoms with E-state index in [9.17, 15) is 0 Å². The van der Waals surface area contributed by atoms with Crippen molar-refractivity contribution in [3.05, 3.63) is 0 Å². The first kappa shape index (κ1) is 9.44. The van der Waals surface area contributed by atoms with Crippen LogP contribution in [0, 0.1) is 17.8 Å². The Hall–Kier alpha value is 0.350. The van der Waals surface area contributed by atoms with Crippen molar-refractivity contribution in [2.45, 2.75) is 45.3 Å². The second-order valence-electron chi connectivity index (χ2n) is 4.39. The fourth-order valence-electron chi connectivity index (χ4n) is 2.15. The van der Waals surface area contributed by atoms with Crippen LogP contribution in [0.4, 0.5) is 0 Å². The Morgan fingerprint density at radius 1 is 1.27 bits per heavy atom. The summed E-state index contributed by atoms with van der Waals surface area (Å²) in [5.41, 5.74) is 0. The first-order valence-electron chi connectivity index (χ1n) is 4.79. The molecule has 0 aromatic rings. The number of hydrogen-bond donors (Lipinski definition) is 1. The van der Waals surface area contributed by atoms with Gasteiger partial charge in [-0.15, -0.1) is 0 Å². The monoisotopic (exact) mass is 172 g/mol. The van der Waals surface area contributed by atoms with Crippen LogP contribution in [-0.4, -0.2) is 5.25 Å². The predicted molar refractivity (Wildman–Crippen MR) is 54.1 cm³/mol. The van der Waals surface area contributed by atoms with Crippen LogP contribution in [0.15, 0.2) is 0 Å². The van der Waals surface area contributed by atoms with Crippen molar-refractivity contribution < 1.29 is 0 Å². The van der Waals surface area contributed by atoms with Gasteiger partial charge in [-0.2, -0.15) is 12.6 Å². The zero-order valence-corrected chi connectivity index (χ0v) is 8.77. The summed E-state index contributed by atoms with van der Waals surface area (Å²) < 4.78 is 0. The van der Waals surface area contributed by atoms with Gasteiger partial charge in [0.15, 0.2) is 0 Å². The first-order valence-corrected chi connectivity index (χ1v) is 5.31. The normalized spacial score (nSPS) is 39.5. The van der Waals surface area contributed by atoms with Gasteiger partial charge < -0.3 is 0 Å². The third-order valence-electron chi connectivity index (χ3n) is 2.99. The molecule has 1 aliphatic rings. The van der Waals surface area contributed by atoms with Crippen molar-refractivity contribution in [2.75, 3.05) is 0 Å². The molecule has 0 nitrogen and oxygen atoms in total. The van der Waals surface area contributed by atoms with E-state index in [4.69, 9.17) is 0 Å². The fraction of sp³-hybridized carbons (Fsp3) is 1.00. The van der Waals surface area contributed by atoms with Crippen molar-refractivity contribution in [1.29, 1.82) is 0 Å². The number of rotatable bonds is 1. The highest BCUT2D eigenvalue weighted by atomic mass is 32.1. The van der Waals surface area contributed by atoms with E-state index >= 15 is 0 Å². The van der Waals surface area contributed by atoms with Gasteiger partial charge in [0.1, 0.15) is 0 Å². The lowest BCUT2D eigenvalue weighted by Crippen LogP contribution is -2.27. The highest BCUT2D eigenvalue weighted by Gasteiger charge is 2.27. The Morgan fingerprint density at radius 2 is 1.91 bits per heavy atom. The molecule has 0 spiro atoms. The van der Waals surface area contributed by atoms with Crippen molar-refractivity contribution in [3.8, 4) is 0 Å². The molecule has 66 valence electrons. The van der Waals surface area contributed by atoms with E-state index in [-0.39, 0.29) is 0 Å². The summed E-state index contributed by atoms with van der Waals surface area (Å²) in [6.07, 6.45) is 4.14. The molecule has 1 rings (SSSR count). The third-order valence-corrected chi connectivity index (χ3v) is 3.58.